The van der Waals surface area contributed by atoms with Gasteiger partial charge >= 0.3 is 6.72 Å². The van der Waals surface area contributed by atoms with E-state index < -0.39 is 6.72 Å². The summed E-state index contributed by atoms with van der Waals surface area (Å²) >= 11 is 1.24. The lowest BCUT2D eigenvalue weighted by Crippen LogP contribution is -1.98. The second kappa shape index (κ2) is 6.03. The molecule has 0 aliphatic heterocycles. The van der Waals surface area contributed by atoms with Crippen molar-refractivity contribution in [1.29, 1.82) is 0 Å². The van der Waals surface area contributed by atoms with Crippen LogP contribution in [0.1, 0.15) is 27.2 Å². The van der Waals surface area contributed by atoms with Gasteiger partial charge < -0.3 is 4.52 Å². The van der Waals surface area contributed by atoms with Crippen molar-refractivity contribution >= 4 is 18.1 Å². The molecule has 0 rings (SSSR count). The molecule has 12 heavy (non-hydrogen) atoms. The van der Waals surface area contributed by atoms with Crippen molar-refractivity contribution < 1.29 is 9.09 Å². The van der Waals surface area contributed by atoms with Crippen LogP contribution in [0.4, 0.5) is 0 Å². The Morgan fingerprint density at radius 3 is 2.58 bits per heavy atom. The molecule has 0 saturated carbocycles. The fourth-order valence-electron chi connectivity index (χ4n) is 0.633. The first-order chi connectivity index (χ1) is 5.48. The molecule has 0 spiro atoms. The zero-order valence-corrected chi connectivity index (χ0v) is 9.66. The van der Waals surface area contributed by atoms with E-state index in [0.717, 1.165) is 12.2 Å². The van der Waals surface area contributed by atoms with Crippen LogP contribution in [0.15, 0.2) is 0 Å². The van der Waals surface area contributed by atoms with Crippen LogP contribution in [-0.2, 0) is 9.09 Å². The van der Waals surface area contributed by atoms with E-state index in [-0.39, 0.29) is 0 Å². The quantitative estimate of drug-likeness (QED) is 0.686. The number of nitrogens with two attached hydrogens (primary N) is 1. The number of rotatable bonds is 6. The summed E-state index contributed by atoms with van der Waals surface area (Å²) in [6, 6.07) is 0. The zero-order chi connectivity index (χ0) is 9.61. The second-order valence-electron chi connectivity index (χ2n) is 2.97. The molecule has 74 valence electrons. The molecule has 0 saturated heterocycles. The normalized spacial score (nSPS) is 16.4. The maximum Gasteiger partial charge on any atom is 0.323 e. The first kappa shape index (κ1) is 12.5. The number of hydrogen-bond donors (Lipinski definition) is 1. The second-order valence-corrected chi connectivity index (χ2v) is 7.28. The summed E-state index contributed by atoms with van der Waals surface area (Å²) in [6.45, 7) is 3.64. The van der Waals surface area contributed by atoms with Gasteiger partial charge in [0.05, 0.1) is 6.61 Å². The Labute approximate surface area is 78.7 Å². The molecule has 0 aromatic carbocycles. The molecule has 0 aliphatic carbocycles. The van der Waals surface area contributed by atoms with Gasteiger partial charge in [-0.2, -0.15) is 0 Å². The van der Waals surface area contributed by atoms with Crippen LogP contribution in [0.3, 0.4) is 0 Å². The van der Waals surface area contributed by atoms with E-state index in [4.69, 9.17) is 10.0 Å². The molecule has 0 fully saturated rings. The van der Waals surface area contributed by atoms with Crippen molar-refractivity contribution in [3.8, 4) is 0 Å². The molecule has 0 bridgehead atoms. The van der Waals surface area contributed by atoms with E-state index in [2.05, 4.69) is 13.8 Å². The minimum absolute atomic E-state index is 0.419. The average molecular weight is 211 g/mol. The molecule has 5 heteroatoms. The van der Waals surface area contributed by atoms with Crippen LogP contribution >= 0.6 is 18.1 Å². The summed E-state index contributed by atoms with van der Waals surface area (Å²) in [7, 11) is 0. The van der Waals surface area contributed by atoms with Crippen molar-refractivity contribution in [3.05, 3.63) is 0 Å². The Hall–Kier alpha value is 0.500. The van der Waals surface area contributed by atoms with E-state index >= 15 is 0 Å². The van der Waals surface area contributed by atoms with E-state index in [0.29, 0.717) is 12.5 Å². The van der Waals surface area contributed by atoms with Crippen LogP contribution in [0.25, 0.3) is 0 Å². The highest BCUT2D eigenvalue weighted by atomic mass is 32.7. The Bertz CT molecular complexity index is 163. The highest BCUT2D eigenvalue weighted by molar-refractivity contribution is 8.55. The highest BCUT2D eigenvalue weighted by Crippen LogP contribution is 2.52. The summed E-state index contributed by atoms with van der Waals surface area (Å²) in [6.07, 6.45) is 1.03. The molecule has 0 heterocycles. The van der Waals surface area contributed by atoms with Gasteiger partial charge in [-0.3, -0.25) is 10.1 Å². The van der Waals surface area contributed by atoms with Crippen LogP contribution < -0.4 is 5.50 Å². The Morgan fingerprint density at radius 1 is 1.58 bits per heavy atom. The van der Waals surface area contributed by atoms with E-state index in [9.17, 15) is 4.57 Å². The van der Waals surface area contributed by atoms with Gasteiger partial charge in [0.1, 0.15) is 0 Å². The lowest BCUT2D eigenvalue weighted by molar-refractivity contribution is 0.346. The molecule has 1 atom stereocenters. The zero-order valence-electron chi connectivity index (χ0n) is 7.95. The predicted molar refractivity (Wildman–Crippen MR) is 55.3 cm³/mol. The molecule has 2 N–H and O–H groups in total. The Kier molecular flexibility index (Phi) is 6.28. The van der Waals surface area contributed by atoms with Gasteiger partial charge in [-0.25, -0.2) is 0 Å². The van der Waals surface area contributed by atoms with E-state index in [1.165, 1.54) is 11.4 Å². The van der Waals surface area contributed by atoms with E-state index in [1.807, 2.05) is 0 Å². The molecule has 0 radical (unpaired) electrons. The minimum atomic E-state index is -2.83. The topological polar surface area (TPSA) is 52.3 Å². The highest BCUT2D eigenvalue weighted by Gasteiger charge is 2.16. The SMILES string of the molecule is CCOP(N)(=O)SCCC(C)C. The standard InChI is InChI=1S/C7H18NO2PS/c1-4-10-11(8,9)12-6-5-7(2)3/h7H,4-6H2,1-3H3,(H2,8,9). The fourth-order valence-corrected chi connectivity index (χ4v) is 3.52. The molecule has 0 aromatic heterocycles. The Morgan fingerprint density at radius 2 is 2.17 bits per heavy atom. The van der Waals surface area contributed by atoms with Gasteiger partial charge in [0.2, 0.25) is 0 Å². The molecule has 0 aliphatic rings. The molecule has 0 amide bonds. The minimum Gasteiger partial charge on any atom is -0.310 e. The largest absolute Gasteiger partial charge is 0.323 e. The summed E-state index contributed by atoms with van der Waals surface area (Å²) in [5.41, 5.74) is 5.41. The Balaban J connectivity index is 3.54. The third kappa shape index (κ3) is 7.17. The monoisotopic (exact) mass is 211 g/mol. The fraction of sp³-hybridized carbons (Fsp3) is 1.00. The first-order valence-corrected chi connectivity index (χ1v) is 7.44. The van der Waals surface area contributed by atoms with Gasteiger partial charge in [0, 0.05) is 5.75 Å². The van der Waals surface area contributed by atoms with Crippen molar-refractivity contribution in [1.82, 2.24) is 0 Å². The molecular formula is C7H18NO2PS. The predicted octanol–water partition coefficient (Wildman–Crippen LogP) is 2.87. The maximum absolute atomic E-state index is 11.3. The summed E-state index contributed by atoms with van der Waals surface area (Å²) in [5, 5.41) is 0. The van der Waals surface area contributed by atoms with Crippen LogP contribution in [-0.4, -0.2) is 12.4 Å². The molecular weight excluding hydrogens is 193 g/mol. The van der Waals surface area contributed by atoms with Crippen LogP contribution in [0, 0.1) is 5.92 Å². The van der Waals surface area contributed by atoms with Gasteiger partial charge in [0.25, 0.3) is 0 Å². The van der Waals surface area contributed by atoms with E-state index in [1.54, 1.807) is 6.92 Å². The summed E-state index contributed by atoms with van der Waals surface area (Å²) in [5.74, 6) is 1.44. The molecule has 3 nitrogen and oxygen atoms in total. The van der Waals surface area contributed by atoms with Gasteiger partial charge in [0.15, 0.2) is 0 Å². The lowest BCUT2D eigenvalue weighted by atomic mass is 10.2. The van der Waals surface area contributed by atoms with Crippen molar-refractivity contribution in [2.75, 3.05) is 12.4 Å². The van der Waals surface area contributed by atoms with Gasteiger partial charge in [-0.05, 0) is 19.3 Å². The first-order valence-electron chi connectivity index (χ1n) is 4.15. The molecule has 1 unspecified atom stereocenters. The third-order valence-corrected chi connectivity index (χ3v) is 4.62. The smallest absolute Gasteiger partial charge is 0.310 e. The van der Waals surface area contributed by atoms with Crippen molar-refractivity contribution in [3.63, 3.8) is 0 Å². The summed E-state index contributed by atoms with van der Waals surface area (Å²) < 4.78 is 16.2. The average Bonchev–Trinajstić information content (AvgIpc) is 1.85. The van der Waals surface area contributed by atoms with Gasteiger partial charge in [-0.15, -0.1) is 0 Å². The van der Waals surface area contributed by atoms with Crippen LogP contribution in [0.5, 0.6) is 0 Å². The summed E-state index contributed by atoms with van der Waals surface area (Å²) in [4.78, 5) is 0. The third-order valence-electron chi connectivity index (χ3n) is 1.28. The van der Waals surface area contributed by atoms with Crippen molar-refractivity contribution in [2.45, 2.75) is 27.2 Å². The lowest BCUT2D eigenvalue weighted by Gasteiger charge is -2.11. The maximum atomic E-state index is 11.3. The van der Waals surface area contributed by atoms with Gasteiger partial charge in [-0.1, -0.05) is 25.2 Å². The number of hydrogen-bond acceptors (Lipinski definition) is 3. The van der Waals surface area contributed by atoms with Crippen LogP contribution in [0.2, 0.25) is 0 Å². The van der Waals surface area contributed by atoms with Crippen molar-refractivity contribution in [2.24, 2.45) is 11.4 Å². The molecule has 0 aromatic rings.